The summed E-state index contributed by atoms with van der Waals surface area (Å²) >= 11 is 0. The van der Waals surface area contributed by atoms with E-state index >= 15 is 0 Å². The van der Waals surface area contributed by atoms with Gasteiger partial charge in [-0.15, -0.1) is 0 Å². The van der Waals surface area contributed by atoms with Gasteiger partial charge in [0.15, 0.2) is 11.5 Å². The standard InChI is InChI=1S/C15H13NO2/c17-15-12-8-9-16-13(12)6-7-14(15)18-10-11-4-2-1-3-5-11/h1-9,16-17H,10H2. The van der Waals surface area contributed by atoms with E-state index in [1.54, 1.807) is 12.3 Å². The highest BCUT2D eigenvalue weighted by Crippen LogP contribution is 2.34. The third-order valence-electron chi connectivity index (χ3n) is 2.91. The van der Waals surface area contributed by atoms with Crippen molar-refractivity contribution in [3.05, 3.63) is 60.3 Å². The first-order valence-electron chi connectivity index (χ1n) is 5.80. The van der Waals surface area contributed by atoms with Gasteiger partial charge in [0.05, 0.1) is 0 Å². The van der Waals surface area contributed by atoms with Gasteiger partial charge in [0.25, 0.3) is 0 Å². The fourth-order valence-corrected chi connectivity index (χ4v) is 1.95. The summed E-state index contributed by atoms with van der Waals surface area (Å²) in [5, 5.41) is 10.8. The number of nitrogens with one attached hydrogen (secondary N) is 1. The smallest absolute Gasteiger partial charge is 0.167 e. The van der Waals surface area contributed by atoms with E-state index < -0.39 is 0 Å². The molecular weight excluding hydrogens is 226 g/mol. The molecule has 0 aliphatic rings. The zero-order valence-electron chi connectivity index (χ0n) is 9.76. The lowest BCUT2D eigenvalue weighted by Gasteiger charge is -2.08. The lowest BCUT2D eigenvalue weighted by atomic mass is 10.2. The van der Waals surface area contributed by atoms with Gasteiger partial charge in [-0.2, -0.15) is 0 Å². The fourth-order valence-electron chi connectivity index (χ4n) is 1.95. The van der Waals surface area contributed by atoms with Gasteiger partial charge in [0.2, 0.25) is 0 Å². The summed E-state index contributed by atoms with van der Waals surface area (Å²) in [4.78, 5) is 3.05. The molecule has 0 fully saturated rings. The SMILES string of the molecule is Oc1c(OCc2ccccc2)ccc2[nH]ccc12. The van der Waals surface area contributed by atoms with Crippen LogP contribution in [-0.2, 0) is 6.61 Å². The first kappa shape index (κ1) is 10.7. The molecule has 90 valence electrons. The van der Waals surface area contributed by atoms with Crippen LogP contribution < -0.4 is 4.74 Å². The Morgan fingerprint density at radius 3 is 2.67 bits per heavy atom. The van der Waals surface area contributed by atoms with E-state index in [9.17, 15) is 5.11 Å². The third-order valence-corrected chi connectivity index (χ3v) is 2.91. The van der Waals surface area contributed by atoms with Gasteiger partial charge in [-0.3, -0.25) is 0 Å². The van der Waals surface area contributed by atoms with Gasteiger partial charge in [0, 0.05) is 17.1 Å². The van der Waals surface area contributed by atoms with Crippen LogP contribution in [0, 0.1) is 0 Å². The van der Waals surface area contributed by atoms with Crippen LogP contribution in [0.1, 0.15) is 5.56 Å². The number of aromatic hydroxyl groups is 1. The van der Waals surface area contributed by atoms with E-state index in [2.05, 4.69) is 4.98 Å². The first-order chi connectivity index (χ1) is 8.84. The maximum absolute atomic E-state index is 10.1. The molecule has 0 atom stereocenters. The van der Waals surface area contributed by atoms with E-state index in [1.807, 2.05) is 42.5 Å². The van der Waals surface area contributed by atoms with Crippen LogP contribution in [0.5, 0.6) is 11.5 Å². The second-order valence-corrected chi connectivity index (χ2v) is 4.13. The van der Waals surface area contributed by atoms with Gasteiger partial charge in [-0.05, 0) is 23.8 Å². The topological polar surface area (TPSA) is 45.2 Å². The Labute approximate surface area is 105 Å². The quantitative estimate of drug-likeness (QED) is 0.735. The van der Waals surface area contributed by atoms with Crippen molar-refractivity contribution in [3.8, 4) is 11.5 Å². The Morgan fingerprint density at radius 1 is 1.00 bits per heavy atom. The van der Waals surface area contributed by atoms with Gasteiger partial charge in [0.1, 0.15) is 6.61 Å². The normalized spacial score (nSPS) is 10.7. The minimum Gasteiger partial charge on any atom is -0.504 e. The molecule has 1 heterocycles. The molecule has 0 spiro atoms. The minimum absolute atomic E-state index is 0.185. The molecule has 18 heavy (non-hydrogen) atoms. The van der Waals surface area contributed by atoms with Crippen molar-refractivity contribution in [3.63, 3.8) is 0 Å². The number of benzene rings is 2. The van der Waals surface area contributed by atoms with Gasteiger partial charge >= 0.3 is 0 Å². The van der Waals surface area contributed by atoms with Crippen molar-refractivity contribution in [1.29, 1.82) is 0 Å². The van der Waals surface area contributed by atoms with Crippen LogP contribution in [0.2, 0.25) is 0 Å². The average molecular weight is 239 g/mol. The molecule has 0 saturated carbocycles. The highest BCUT2D eigenvalue weighted by Gasteiger charge is 2.08. The molecule has 0 bridgehead atoms. The van der Waals surface area contributed by atoms with E-state index in [1.165, 1.54) is 0 Å². The van der Waals surface area contributed by atoms with E-state index in [-0.39, 0.29) is 5.75 Å². The number of phenols is 1. The van der Waals surface area contributed by atoms with Gasteiger partial charge in [-0.1, -0.05) is 30.3 Å². The molecule has 1 aromatic heterocycles. The molecule has 2 aromatic carbocycles. The molecule has 3 nitrogen and oxygen atoms in total. The van der Waals surface area contributed by atoms with Crippen molar-refractivity contribution in [2.24, 2.45) is 0 Å². The van der Waals surface area contributed by atoms with Gasteiger partial charge in [-0.25, -0.2) is 0 Å². The predicted molar refractivity (Wildman–Crippen MR) is 70.7 cm³/mol. The highest BCUT2D eigenvalue weighted by molar-refractivity contribution is 5.88. The minimum atomic E-state index is 0.185. The molecule has 0 aliphatic carbocycles. The molecular formula is C15H13NO2. The van der Waals surface area contributed by atoms with Crippen LogP contribution >= 0.6 is 0 Å². The number of aromatic amines is 1. The number of aromatic nitrogens is 1. The van der Waals surface area contributed by atoms with Crippen LogP contribution in [0.3, 0.4) is 0 Å². The summed E-state index contributed by atoms with van der Waals surface area (Å²) in [6.07, 6.45) is 1.80. The Morgan fingerprint density at radius 2 is 1.83 bits per heavy atom. The summed E-state index contributed by atoms with van der Waals surface area (Å²) in [5.41, 5.74) is 1.98. The molecule has 3 aromatic rings. The first-order valence-corrected chi connectivity index (χ1v) is 5.80. The second-order valence-electron chi connectivity index (χ2n) is 4.13. The summed E-state index contributed by atoms with van der Waals surface area (Å²) < 4.78 is 5.64. The Kier molecular flexibility index (Phi) is 2.65. The molecule has 0 amide bonds. The zero-order chi connectivity index (χ0) is 12.4. The second kappa shape index (κ2) is 4.45. The largest absolute Gasteiger partial charge is 0.504 e. The van der Waals surface area contributed by atoms with E-state index in [0.717, 1.165) is 16.5 Å². The van der Waals surface area contributed by atoms with Crippen molar-refractivity contribution < 1.29 is 9.84 Å². The van der Waals surface area contributed by atoms with Crippen LogP contribution in [0.4, 0.5) is 0 Å². The van der Waals surface area contributed by atoms with Crippen LogP contribution in [-0.4, -0.2) is 10.1 Å². The summed E-state index contributed by atoms with van der Waals surface area (Å²) in [7, 11) is 0. The van der Waals surface area contributed by atoms with E-state index in [0.29, 0.717) is 12.4 Å². The summed E-state index contributed by atoms with van der Waals surface area (Å²) in [6.45, 7) is 0.449. The molecule has 2 N–H and O–H groups in total. The van der Waals surface area contributed by atoms with Gasteiger partial charge < -0.3 is 14.8 Å². The molecule has 0 radical (unpaired) electrons. The van der Waals surface area contributed by atoms with Crippen molar-refractivity contribution >= 4 is 10.9 Å². The van der Waals surface area contributed by atoms with Crippen molar-refractivity contribution in [2.45, 2.75) is 6.61 Å². The number of phenolic OH excluding ortho intramolecular Hbond substituents is 1. The van der Waals surface area contributed by atoms with Crippen LogP contribution in [0.25, 0.3) is 10.9 Å². The lowest BCUT2D eigenvalue weighted by molar-refractivity contribution is 0.290. The van der Waals surface area contributed by atoms with E-state index in [4.69, 9.17) is 4.74 Å². The number of fused-ring (bicyclic) bond motifs is 1. The summed E-state index contributed by atoms with van der Waals surface area (Å²) in [6, 6.07) is 15.4. The fraction of sp³-hybridized carbons (Fsp3) is 0.0667. The molecule has 3 heteroatoms. The zero-order valence-corrected chi connectivity index (χ0v) is 9.76. The number of hydrogen-bond acceptors (Lipinski definition) is 2. The Hall–Kier alpha value is -2.42. The number of hydrogen-bond donors (Lipinski definition) is 2. The Balaban J connectivity index is 1.84. The van der Waals surface area contributed by atoms with Crippen molar-refractivity contribution in [1.82, 2.24) is 4.98 Å². The number of H-pyrrole nitrogens is 1. The predicted octanol–water partition coefficient (Wildman–Crippen LogP) is 3.45. The average Bonchev–Trinajstić information content (AvgIpc) is 2.88. The Bertz CT molecular complexity index is 659. The molecule has 3 rings (SSSR count). The lowest BCUT2D eigenvalue weighted by Crippen LogP contribution is -1.95. The molecule has 0 aliphatic heterocycles. The monoisotopic (exact) mass is 239 g/mol. The third kappa shape index (κ3) is 1.91. The molecule has 0 saturated heterocycles. The highest BCUT2D eigenvalue weighted by atomic mass is 16.5. The summed E-state index contributed by atoms with van der Waals surface area (Å²) in [5.74, 6) is 0.690. The van der Waals surface area contributed by atoms with Crippen LogP contribution in [0.15, 0.2) is 54.7 Å². The number of rotatable bonds is 3. The van der Waals surface area contributed by atoms with Crippen molar-refractivity contribution in [2.75, 3.05) is 0 Å². The molecule has 0 unspecified atom stereocenters. The maximum Gasteiger partial charge on any atom is 0.167 e. The number of ether oxygens (including phenoxy) is 1. The maximum atomic E-state index is 10.1.